The second-order valence-corrected chi connectivity index (χ2v) is 7.50. The van der Waals surface area contributed by atoms with Crippen molar-refractivity contribution in [3.05, 3.63) is 12.2 Å². The van der Waals surface area contributed by atoms with Crippen LogP contribution in [-0.4, -0.2) is 88.8 Å². The van der Waals surface area contributed by atoms with Crippen molar-refractivity contribution in [1.29, 1.82) is 0 Å². The molecule has 1 amide bonds. The average Bonchev–Trinajstić information content (AvgIpc) is 3.31. The average molecular weight is 504 g/mol. The molecule has 0 bridgehead atoms. The number of likely N-dealkylation sites (N-methyl/N-ethyl adjacent to an activating group) is 2. The van der Waals surface area contributed by atoms with E-state index in [1.807, 2.05) is 4.68 Å². The molecule has 1 saturated heterocycles. The lowest BCUT2D eigenvalue weighted by atomic mass is 10.1. The summed E-state index contributed by atoms with van der Waals surface area (Å²) in [6.07, 6.45) is 5.94. The van der Waals surface area contributed by atoms with Gasteiger partial charge in [-0.3, -0.25) is 9.69 Å². The molecule has 1 aromatic rings. The van der Waals surface area contributed by atoms with Crippen LogP contribution in [0.15, 0.2) is 11.3 Å². The summed E-state index contributed by atoms with van der Waals surface area (Å²) in [6, 6.07) is 0.755. The molecule has 28 heavy (non-hydrogen) atoms. The zero-order valence-electron chi connectivity index (χ0n) is 17.1. The number of halogens is 1. The molecule has 0 saturated carbocycles. The van der Waals surface area contributed by atoms with E-state index >= 15 is 0 Å². The minimum Gasteiger partial charge on any atom is -0.355 e. The number of aliphatic imine (C=N–C) groups is 1. The molecule has 2 aliphatic rings. The molecule has 2 aliphatic heterocycles. The van der Waals surface area contributed by atoms with Crippen LogP contribution in [0, 0.1) is 0 Å². The van der Waals surface area contributed by atoms with Crippen LogP contribution in [0.2, 0.25) is 0 Å². The van der Waals surface area contributed by atoms with Gasteiger partial charge >= 0.3 is 0 Å². The van der Waals surface area contributed by atoms with Crippen LogP contribution in [0.5, 0.6) is 0 Å². The molecule has 9 nitrogen and oxygen atoms in total. The molecule has 2 unspecified atom stereocenters. The van der Waals surface area contributed by atoms with Crippen molar-refractivity contribution in [2.75, 3.05) is 40.3 Å². The Bertz CT molecular complexity index is 662. The molecule has 3 heterocycles. The molecule has 2 atom stereocenters. The smallest absolute Gasteiger partial charge is 0.243 e. The molecular weight excluding hydrogens is 471 g/mol. The first-order chi connectivity index (χ1) is 13.1. The lowest BCUT2D eigenvalue weighted by Crippen LogP contribution is -2.50. The first-order valence-electron chi connectivity index (χ1n) is 9.92. The van der Waals surface area contributed by atoms with E-state index in [2.05, 4.69) is 37.5 Å². The van der Waals surface area contributed by atoms with E-state index in [1.54, 1.807) is 25.3 Å². The summed E-state index contributed by atoms with van der Waals surface area (Å²) in [5, 5.41) is 11.2. The number of aryl methyl sites for hydroxylation is 1. The molecule has 0 radical (unpaired) electrons. The Morgan fingerprint density at radius 1 is 1.39 bits per heavy atom. The van der Waals surface area contributed by atoms with Gasteiger partial charge in [-0.2, -0.15) is 5.10 Å². The Morgan fingerprint density at radius 3 is 2.96 bits per heavy atom. The summed E-state index contributed by atoms with van der Waals surface area (Å²) in [4.78, 5) is 24.8. The maximum Gasteiger partial charge on any atom is 0.243 e. The van der Waals surface area contributed by atoms with E-state index in [-0.39, 0.29) is 42.5 Å². The van der Waals surface area contributed by atoms with Gasteiger partial charge in [-0.25, -0.2) is 14.7 Å². The summed E-state index contributed by atoms with van der Waals surface area (Å²) in [5.74, 6) is 1.74. The monoisotopic (exact) mass is 504 g/mol. The van der Waals surface area contributed by atoms with Crippen LogP contribution < -0.4 is 10.6 Å². The van der Waals surface area contributed by atoms with Crippen LogP contribution in [0.25, 0.3) is 0 Å². The molecule has 2 N–H and O–H groups in total. The standard InChI is InChI=1S/C18H32N8O.HI/c1-4-25-9-5-6-15(25)10-19-18(20-11-17(27)24(2)3)23-14-7-8-16-21-13-22-26(16)12-14;/h13-15H,4-12H2,1-3H3,(H2,19,20,23);1H. The van der Waals surface area contributed by atoms with Gasteiger partial charge in [-0.15, -0.1) is 24.0 Å². The van der Waals surface area contributed by atoms with E-state index in [9.17, 15) is 4.79 Å². The van der Waals surface area contributed by atoms with Crippen molar-refractivity contribution in [2.24, 2.45) is 4.99 Å². The lowest BCUT2D eigenvalue weighted by Gasteiger charge is -2.28. The molecule has 1 fully saturated rings. The van der Waals surface area contributed by atoms with Gasteiger partial charge in [0, 0.05) is 39.1 Å². The zero-order valence-corrected chi connectivity index (χ0v) is 19.4. The van der Waals surface area contributed by atoms with Crippen LogP contribution in [0.3, 0.4) is 0 Å². The molecule has 0 aliphatic carbocycles. The summed E-state index contributed by atoms with van der Waals surface area (Å²) in [7, 11) is 3.51. The van der Waals surface area contributed by atoms with Crippen molar-refractivity contribution in [2.45, 2.75) is 51.2 Å². The van der Waals surface area contributed by atoms with Crippen LogP contribution in [0.1, 0.15) is 32.0 Å². The third-order valence-corrected chi connectivity index (χ3v) is 5.43. The van der Waals surface area contributed by atoms with Crippen molar-refractivity contribution in [3.63, 3.8) is 0 Å². The molecule has 3 rings (SSSR count). The Balaban J connectivity index is 0.00000280. The van der Waals surface area contributed by atoms with E-state index in [1.165, 1.54) is 19.4 Å². The third-order valence-electron chi connectivity index (χ3n) is 5.43. The van der Waals surface area contributed by atoms with Gasteiger partial charge in [0.15, 0.2) is 5.96 Å². The summed E-state index contributed by atoms with van der Waals surface area (Å²) in [5.41, 5.74) is 0. The number of hydrogen-bond acceptors (Lipinski definition) is 5. The van der Waals surface area contributed by atoms with Crippen LogP contribution in [0.4, 0.5) is 0 Å². The number of hydrogen-bond donors (Lipinski definition) is 2. The third kappa shape index (κ3) is 6.03. The highest BCUT2D eigenvalue weighted by Crippen LogP contribution is 2.15. The molecule has 10 heteroatoms. The number of guanidine groups is 1. The first-order valence-corrected chi connectivity index (χ1v) is 9.92. The number of aromatic nitrogens is 3. The Hall–Kier alpha value is -1.43. The van der Waals surface area contributed by atoms with E-state index in [4.69, 9.17) is 0 Å². The molecule has 0 spiro atoms. The van der Waals surface area contributed by atoms with Crippen LogP contribution in [-0.2, 0) is 17.8 Å². The fraction of sp³-hybridized carbons (Fsp3) is 0.778. The number of rotatable bonds is 6. The number of carbonyl (C=O) groups excluding carboxylic acids is 1. The quantitative estimate of drug-likeness (QED) is 0.330. The van der Waals surface area contributed by atoms with E-state index in [0.29, 0.717) is 12.0 Å². The summed E-state index contributed by atoms with van der Waals surface area (Å²) in [6.45, 7) is 6.20. The fourth-order valence-corrected chi connectivity index (χ4v) is 3.75. The maximum absolute atomic E-state index is 12.0. The topological polar surface area (TPSA) is 90.7 Å². The van der Waals surface area contributed by atoms with Gasteiger partial charge in [0.2, 0.25) is 5.91 Å². The van der Waals surface area contributed by atoms with Crippen LogP contribution >= 0.6 is 24.0 Å². The summed E-state index contributed by atoms with van der Waals surface area (Å²) < 4.78 is 1.94. The number of fused-ring (bicyclic) bond motifs is 1. The largest absolute Gasteiger partial charge is 0.355 e. The van der Waals surface area contributed by atoms with Gasteiger partial charge in [0.05, 0.1) is 6.54 Å². The van der Waals surface area contributed by atoms with E-state index in [0.717, 1.165) is 38.3 Å². The minimum absolute atomic E-state index is 0. The number of carbonyl (C=O) groups is 1. The minimum atomic E-state index is -0.00522. The predicted molar refractivity (Wildman–Crippen MR) is 120 cm³/mol. The highest BCUT2D eigenvalue weighted by atomic mass is 127. The van der Waals surface area contributed by atoms with Crippen molar-refractivity contribution in [3.8, 4) is 0 Å². The normalized spacial score (nSPS) is 22.3. The van der Waals surface area contributed by atoms with Gasteiger partial charge < -0.3 is 15.5 Å². The zero-order chi connectivity index (χ0) is 19.2. The second-order valence-electron chi connectivity index (χ2n) is 7.50. The molecule has 158 valence electrons. The predicted octanol–water partition coefficient (Wildman–Crippen LogP) is 0.319. The molecule has 1 aromatic heterocycles. The van der Waals surface area contributed by atoms with Gasteiger partial charge in [0.1, 0.15) is 18.7 Å². The van der Waals surface area contributed by atoms with Crippen molar-refractivity contribution < 1.29 is 4.79 Å². The number of nitrogens with one attached hydrogen (secondary N) is 2. The Morgan fingerprint density at radius 2 is 2.21 bits per heavy atom. The maximum atomic E-state index is 12.0. The number of nitrogens with zero attached hydrogens (tertiary/aromatic N) is 6. The van der Waals surface area contributed by atoms with Gasteiger partial charge in [-0.05, 0) is 32.4 Å². The molecule has 0 aromatic carbocycles. The highest BCUT2D eigenvalue weighted by molar-refractivity contribution is 14.0. The van der Waals surface area contributed by atoms with Crippen molar-refractivity contribution >= 4 is 35.8 Å². The number of amides is 1. The second kappa shape index (κ2) is 10.9. The fourth-order valence-electron chi connectivity index (χ4n) is 3.75. The summed E-state index contributed by atoms with van der Waals surface area (Å²) >= 11 is 0. The van der Waals surface area contributed by atoms with Gasteiger partial charge in [-0.1, -0.05) is 6.92 Å². The highest BCUT2D eigenvalue weighted by Gasteiger charge is 2.24. The lowest BCUT2D eigenvalue weighted by molar-refractivity contribution is -0.127. The molecular formula is C18H33IN8O. The van der Waals surface area contributed by atoms with E-state index < -0.39 is 0 Å². The Kier molecular flexibility index (Phi) is 8.93. The number of likely N-dealkylation sites (tertiary alicyclic amines) is 1. The first kappa shape index (κ1) is 22.9. The van der Waals surface area contributed by atoms with Gasteiger partial charge in [0.25, 0.3) is 0 Å². The SMILES string of the molecule is CCN1CCCC1CNC(=NCC(=O)N(C)C)NC1CCc2ncnn2C1.I. The van der Waals surface area contributed by atoms with Crippen molar-refractivity contribution in [1.82, 2.24) is 35.2 Å². The Labute approximate surface area is 184 Å².